The van der Waals surface area contributed by atoms with Gasteiger partial charge in [-0.3, -0.25) is 0 Å². The minimum atomic E-state index is -3.44. The topological polar surface area (TPSA) is 67.4 Å². The SMILES string of the molecule is CCNCCNS(=O)(=O)c1ccc(OCC)c(C)c1. The molecule has 0 radical (unpaired) electrons. The van der Waals surface area contributed by atoms with Crippen molar-refractivity contribution in [2.45, 2.75) is 25.7 Å². The molecule has 1 rings (SSSR count). The molecule has 0 heterocycles. The van der Waals surface area contributed by atoms with Crippen LogP contribution in [0.2, 0.25) is 0 Å². The molecule has 0 atom stereocenters. The highest BCUT2D eigenvalue weighted by Crippen LogP contribution is 2.21. The Bertz CT molecular complexity index is 501. The number of aryl methyl sites for hydroxylation is 1. The van der Waals surface area contributed by atoms with Crippen LogP contribution in [-0.4, -0.2) is 34.7 Å². The van der Waals surface area contributed by atoms with Gasteiger partial charge in [0, 0.05) is 13.1 Å². The van der Waals surface area contributed by atoms with Gasteiger partial charge in [0.2, 0.25) is 10.0 Å². The fraction of sp³-hybridized carbons (Fsp3) is 0.538. The molecule has 6 heteroatoms. The molecule has 0 bridgehead atoms. The van der Waals surface area contributed by atoms with Gasteiger partial charge in [-0.1, -0.05) is 6.92 Å². The van der Waals surface area contributed by atoms with Crippen LogP contribution in [0.25, 0.3) is 0 Å². The molecular weight excluding hydrogens is 264 g/mol. The molecule has 1 aromatic rings. The summed E-state index contributed by atoms with van der Waals surface area (Å²) >= 11 is 0. The highest BCUT2D eigenvalue weighted by molar-refractivity contribution is 7.89. The highest BCUT2D eigenvalue weighted by atomic mass is 32.2. The molecule has 0 aliphatic heterocycles. The summed E-state index contributed by atoms with van der Waals surface area (Å²) in [5.74, 6) is 0.717. The summed E-state index contributed by atoms with van der Waals surface area (Å²) in [6.45, 7) is 8.09. The first-order chi connectivity index (χ1) is 9.01. The van der Waals surface area contributed by atoms with Crippen molar-refractivity contribution in [3.05, 3.63) is 23.8 Å². The van der Waals surface area contributed by atoms with Gasteiger partial charge in [0.15, 0.2) is 0 Å². The van der Waals surface area contributed by atoms with Crippen LogP contribution in [0.15, 0.2) is 23.1 Å². The maximum atomic E-state index is 12.0. The van der Waals surface area contributed by atoms with E-state index >= 15 is 0 Å². The molecule has 0 spiro atoms. The van der Waals surface area contributed by atoms with E-state index in [0.717, 1.165) is 12.1 Å². The molecular formula is C13H22N2O3S. The summed E-state index contributed by atoms with van der Waals surface area (Å²) in [4.78, 5) is 0.268. The van der Waals surface area contributed by atoms with Crippen molar-refractivity contribution >= 4 is 10.0 Å². The zero-order valence-corrected chi connectivity index (χ0v) is 12.5. The Kier molecular flexibility index (Phi) is 6.27. The summed E-state index contributed by atoms with van der Waals surface area (Å²) in [6, 6.07) is 4.88. The summed E-state index contributed by atoms with van der Waals surface area (Å²) < 4.78 is 32.0. The Labute approximate surface area is 115 Å². The van der Waals surface area contributed by atoms with Crippen LogP contribution >= 0.6 is 0 Å². The maximum Gasteiger partial charge on any atom is 0.240 e. The highest BCUT2D eigenvalue weighted by Gasteiger charge is 2.14. The van der Waals surface area contributed by atoms with Crippen LogP contribution < -0.4 is 14.8 Å². The van der Waals surface area contributed by atoms with E-state index in [1.54, 1.807) is 18.2 Å². The average molecular weight is 286 g/mol. The van der Waals surface area contributed by atoms with Gasteiger partial charge in [-0.15, -0.1) is 0 Å². The molecule has 2 N–H and O–H groups in total. The van der Waals surface area contributed by atoms with Crippen LogP contribution in [-0.2, 0) is 10.0 Å². The lowest BCUT2D eigenvalue weighted by Crippen LogP contribution is -2.31. The van der Waals surface area contributed by atoms with Crippen molar-refractivity contribution < 1.29 is 13.2 Å². The Morgan fingerprint density at radius 3 is 2.53 bits per heavy atom. The first-order valence-electron chi connectivity index (χ1n) is 6.45. The molecule has 0 aliphatic carbocycles. The molecule has 108 valence electrons. The molecule has 0 amide bonds. The Balaban J connectivity index is 2.75. The molecule has 19 heavy (non-hydrogen) atoms. The van der Waals surface area contributed by atoms with Crippen LogP contribution in [0.1, 0.15) is 19.4 Å². The van der Waals surface area contributed by atoms with E-state index < -0.39 is 10.0 Å². The molecule has 0 saturated carbocycles. The monoisotopic (exact) mass is 286 g/mol. The quantitative estimate of drug-likeness (QED) is 0.707. The van der Waals surface area contributed by atoms with E-state index in [1.807, 2.05) is 20.8 Å². The van der Waals surface area contributed by atoms with Gasteiger partial charge < -0.3 is 10.1 Å². The van der Waals surface area contributed by atoms with Gasteiger partial charge in [-0.2, -0.15) is 0 Å². The van der Waals surface area contributed by atoms with Crippen LogP contribution in [0.5, 0.6) is 5.75 Å². The lowest BCUT2D eigenvalue weighted by Gasteiger charge is -2.10. The second-order valence-corrected chi connectivity index (χ2v) is 5.88. The van der Waals surface area contributed by atoms with Gasteiger partial charge in [0.1, 0.15) is 5.75 Å². The summed E-state index contributed by atoms with van der Waals surface area (Å²) in [5.41, 5.74) is 0.816. The van der Waals surface area contributed by atoms with E-state index in [4.69, 9.17) is 4.74 Å². The van der Waals surface area contributed by atoms with Crippen molar-refractivity contribution in [3.8, 4) is 5.75 Å². The van der Waals surface area contributed by atoms with E-state index in [0.29, 0.717) is 25.4 Å². The molecule has 0 aromatic heterocycles. The fourth-order valence-corrected chi connectivity index (χ4v) is 2.76. The fourth-order valence-electron chi connectivity index (χ4n) is 1.64. The summed E-state index contributed by atoms with van der Waals surface area (Å²) in [5, 5.41) is 3.06. The van der Waals surface area contributed by atoms with Gasteiger partial charge in [-0.05, 0) is 44.2 Å². The third-order valence-electron chi connectivity index (χ3n) is 2.60. The van der Waals surface area contributed by atoms with Crippen LogP contribution in [0, 0.1) is 6.92 Å². The Hall–Kier alpha value is -1.11. The predicted octanol–water partition coefficient (Wildman–Crippen LogP) is 1.28. The number of ether oxygens (including phenoxy) is 1. The number of hydrogen-bond donors (Lipinski definition) is 2. The van der Waals surface area contributed by atoms with Gasteiger partial charge in [0.05, 0.1) is 11.5 Å². The molecule has 0 unspecified atom stereocenters. The number of nitrogens with one attached hydrogen (secondary N) is 2. The number of sulfonamides is 1. The zero-order valence-electron chi connectivity index (χ0n) is 11.7. The van der Waals surface area contributed by atoms with Gasteiger partial charge in [-0.25, -0.2) is 13.1 Å². The first kappa shape index (κ1) is 15.9. The lowest BCUT2D eigenvalue weighted by atomic mass is 10.2. The molecule has 0 fully saturated rings. The minimum absolute atomic E-state index is 0.268. The van der Waals surface area contributed by atoms with Crippen molar-refractivity contribution in [2.75, 3.05) is 26.2 Å². The van der Waals surface area contributed by atoms with E-state index in [-0.39, 0.29) is 4.90 Å². The van der Waals surface area contributed by atoms with E-state index in [9.17, 15) is 8.42 Å². The molecule has 0 aliphatic rings. The van der Waals surface area contributed by atoms with Gasteiger partial charge in [0.25, 0.3) is 0 Å². The predicted molar refractivity (Wildman–Crippen MR) is 76.1 cm³/mol. The van der Waals surface area contributed by atoms with Crippen molar-refractivity contribution in [3.63, 3.8) is 0 Å². The van der Waals surface area contributed by atoms with Gasteiger partial charge >= 0.3 is 0 Å². The van der Waals surface area contributed by atoms with Crippen molar-refractivity contribution in [2.24, 2.45) is 0 Å². The molecule has 0 saturated heterocycles. The van der Waals surface area contributed by atoms with E-state index in [1.165, 1.54) is 0 Å². The summed E-state index contributed by atoms with van der Waals surface area (Å²) in [6.07, 6.45) is 0. The number of benzene rings is 1. The minimum Gasteiger partial charge on any atom is -0.494 e. The average Bonchev–Trinajstić information content (AvgIpc) is 2.37. The van der Waals surface area contributed by atoms with Crippen LogP contribution in [0.3, 0.4) is 0 Å². The Morgan fingerprint density at radius 1 is 1.21 bits per heavy atom. The van der Waals surface area contributed by atoms with Crippen molar-refractivity contribution in [1.29, 1.82) is 0 Å². The largest absolute Gasteiger partial charge is 0.494 e. The standard InChI is InChI=1S/C13H22N2O3S/c1-4-14-8-9-15-19(16,17)12-6-7-13(18-5-2)11(3)10-12/h6-7,10,14-15H,4-5,8-9H2,1-3H3. The zero-order chi connectivity index (χ0) is 14.3. The van der Waals surface area contributed by atoms with Crippen molar-refractivity contribution in [1.82, 2.24) is 10.0 Å². The lowest BCUT2D eigenvalue weighted by molar-refractivity contribution is 0.337. The summed E-state index contributed by atoms with van der Waals surface area (Å²) in [7, 11) is -3.44. The Morgan fingerprint density at radius 2 is 1.95 bits per heavy atom. The second kappa shape index (κ2) is 7.47. The maximum absolute atomic E-state index is 12.0. The molecule has 1 aromatic carbocycles. The third kappa shape index (κ3) is 4.81. The number of hydrogen-bond acceptors (Lipinski definition) is 4. The second-order valence-electron chi connectivity index (χ2n) is 4.11. The smallest absolute Gasteiger partial charge is 0.240 e. The third-order valence-corrected chi connectivity index (χ3v) is 4.06. The number of rotatable bonds is 8. The molecule has 5 nitrogen and oxygen atoms in total. The normalized spacial score (nSPS) is 11.5. The first-order valence-corrected chi connectivity index (χ1v) is 7.93. The van der Waals surface area contributed by atoms with E-state index in [2.05, 4.69) is 10.0 Å². The number of likely N-dealkylation sites (N-methyl/N-ethyl adjacent to an activating group) is 1. The van der Waals surface area contributed by atoms with Crippen LogP contribution in [0.4, 0.5) is 0 Å².